The first-order valence-electron chi connectivity index (χ1n) is 5.61. The summed E-state index contributed by atoms with van der Waals surface area (Å²) in [6.07, 6.45) is 0.901. The summed E-state index contributed by atoms with van der Waals surface area (Å²) >= 11 is 11.9. The number of carbonyl (C=O) groups is 1. The van der Waals surface area contributed by atoms with Crippen molar-refractivity contribution in [2.45, 2.75) is 19.4 Å². The van der Waals surface area contributed by atoms with Gasteiger partial charge in [-0.2, -0.15) is 0 Å². The molecule has 2 N–H and O–H groups in total. The molecule has 0 saturated heterocycles. The largest absolute Gasteiger partial charge is 0.370 e. The van der Waals surface area contributed by atoms with Gasteiger partial charge in [-0.05, 0) is 12.1 Å². The number of imidazole rings is 1. The van der Waals surface area contributed by atoms with Gasteiger partial charge in [0.2, 0.25) is 5.91 Å². The molecular formula is C12H13Cl2N3O. The van der Waals surface area contributed by atoms with Crippen LogP contribution in [-0.4, -0.2) is 21.3 Å². The number of primary amides is 1. The van der Waals surface area contributed by atoms with E-state index in [2.05, 4.69) is 4.98 Å². The molecule has 96 valence electrons. The van der Waals surface area contributed by atoms with Crippen molar-refractivity contribution in [1.82, 2.24) is 9.55 Å². The summed E-state index contributed by atoms with van der Waals surface area (Å²) in [5.74, 6) is 0.961. The minimum Gasteiger partial charge on any atom is -0.370 e. The molecule has 0 spiro atoms. The van der Waals surface area contributed by atoms with Crippen LogP contribution in [0.3, 0.4) is 0 Å². The number of nitrogens with zero attached hydrogens (tertiary/aromatic N) is 2. The molecule has 1 amide bonds. The Hall–Kier alpha value is -1.26. The number of para-hydroxylation sites is 1. The van der Waals surface area contributed by atoms with Crippen molar-refractivity contribution in [3.8, 4) is 0 Å². The van der Waals surface area contributed by atoms with Crippen LogP contribution in [0.2, 0.25) is 5.02 Å². The third-order valence-electron chi connectivity index (χ3n) is 2.71. The van der Waals surface area contributed by atoms with E-state index in [4.69, 9.17) is 28.9 Å². The van der Waals surface area contributed by atoms with Gasteiger partial charge in [0.1, 0.15) is 11.3 Å². The third kappa shape index (κ3) is 2.60. The molecule has 0 bridgehead atoms. The van der Waals surface area contributed by atoms with E-state index in [-0.39, 0.29) is 12.3 Å². The number of aromatic nitrogens is 2. The zero-order valence-corrected chi connectivity index (χ0v) is 11.2. The maximum Gasteiger partial charge on any atom is 0.219 e. The van der Waals surface area contributed by atoms with E-state index >= 15 is 0 Å². The lowest BCUT2D eigenvalue weighted by atomic mass is 10.3. The van der Waals surface area contributed by atoms with Gasteiger partial charge in [-0.25, -0.2) is 4.98 Å². The maximum absolute atomic E-state index is 10.9. The predicted octanol–water partition coefficient (Wildman–Crippen LogP) is 2.35. The van der Waals surface area contributed by atoms with Crippen molar-refractivity contribution in [2.24, 2.45) is 5.73 Å². The molecule has 0 atom stereocenters. The molecule has 0 saturated carbocycles. The summed E-state index contributed by atoms with van der Waals surface area (Å²) in [7, 11) is 0. The van der Waals surface area contributed by atoms with Crippen LogP contribution in [0.25, 0.3) is 11.0 Å². The Morgan fingerprint density at radius 3 is 2.89 bits per heavy atom. The number of fused-ring (bicyclic) bond motifs is 1. The van der Waals surface area contributed by atoms with Crippen LogP contribution in [0, 0.1) is 0 Å². The number of hydrogen-bond donors (Lipinski definition) is 1. The smallest absolute Gasteiger partial charge is 0.219 e. The van der Waals surface area contributed by atoms with E-state index in [1.807, 2.05) is 16.7 Å². The molecule has 1 aromatic carbocycles. The van der Waals surface area contributed by atoms with Crippen LogP contribution in [0.5, 0.6) is 0 Å². The number of amides is 1. The Kier molecular flexibility index (Phi) is 4.09. The number of rotatable bonds is 5. The molecule has 0 unspecified atom stereocenters. The second-order valence-corrected chi connectivity index (χ2v) is 4.73. The second kappa shape index (κ2) is 5.59. The summed E-state index contributed by atoms with van der Waals surface area (Å²) in [4.78, 5) is 15.4. The van der Waals surface area contributed by atoms with Gasteiger partial charge in [-0.15, -0.1) is 11.6 Å². The number of nitrogens with two attached hydrogens (primary N) is 1. The zero-order chi connectivity index (χ0) is 13.1. The molecule has 0 aliphatic carbocycles. The quantitative estimate of drug-likeness (QED) is 0.858. The Labute approximate surface area is 115 Å². The van der Waals surface area contributed by atoms with E-state index in [9.17, 15) is 4.79 Å². The zero-order valence-electron chi connectivity index (χ0n) is 9.70. The summed E-state index contributed by atoms with van der Waals surface area (Å²) in [5, 5.41) is 0.598. The highest BCUT2D eigenvalue weighted by atomic mass is 35.5. The van der Waals surface area contributed by atoms with Crippen LogP contribution in [0.15, 0.2) is 18.2 Å². The van der Waals surface area contributed by atoms with Crippen molar-refractivity contribution in [3.05, 3.63) is 29.0 Å². The Bertz CT molecular complexity index is 580. The highest BCUT2D eigenvalue weighted by Crippen LogP contribution is 2.24. The first-order valence-corrected chi connectivity index (χ1v) is 6.52. The van der Waals surface area contributed by atoms with Crippen LogP contribution in [-0.2, 0) is 17.8 Å². The molecule has 0 fully saturated rings. The average molecular weight is 286 g/mol. The molecule has 2 aromatic rings. The predicted molar refractivity (Wildman–Crippen MR) is 73.0 cm³/mol. The maximum atomic E-state index is 10.9. The lowest BCUT2D eigenvalue weighted by molar-refractivity contribution is -0.118. The van der Waals surface area contributed by atoms with Gasteiger partial charge < -0.3 is 10.3 Å². The van der Waals surface area contributed by atoms with Gasteiger partial charge in [-0.1, -0.05) is 17.7 Å². The van der Waals surface area contributed by atoms with Gasteiger partial charge >= 0.3 is 0 Å². The van der Waals surface area contributed by atoms with Crippen molar-refractivity contribution >= 4 is 40.1 Å². The van der Waals surface area contributed by atoms with E-state index in [1.165, 1.54) is 0 Å². The van der Waals surface area contributed by atoms with Gasteiger partial charge in [0, 0.05) is 25.3 Å². The fourth-order valence-corrected chi connectivity index (χ4v) is 2.29. The van der Waals surface area contributed by atoms with Gasteiger partial charge in [0.05, 0.1) is 10.5 Å². The molecule has 18 heavy (non-hydrogen) atoms. The number of carbonyl (C=O) groups excluding carboxylic acids is 1. The third-order valence-corrected chi connectivity index (χ3v) is 3.20. The Morgan fingerprint density at radius 1 is 1.44 bits per heavy atom. The van der Waals surface area contributed by atoms with Crippen molar-refractivity contribution < 1.29 is 4.79 Å². The van der Waals surface area contributed by atoms with E-state index in [1.54, 1.807) is 6.07 Å². The highest BCUT2D eigenvalue weighted by Gasteiger charge is 2.12. The highest BCUT2D eigenvalue weighted by molar-refractivity contribution is 6.34. The number of aryl methyl sites for hydroxylation is 2. The molecule has 0 radical (unpaired) electrons. The molecule has 2 rings (SSSR count). The lowest BCUT2D eigenvalue weighted by Crippen LogP contribution is -2.15. The fraction of sp³-hybridized carbons (Fsp3) is 0.333. The normalized spacial score (nSPS) is 11.0. The first-order chi connectivity index (χ1) is 8.63. The second-order valence-electron chi connectivity index (χ2n) is 3.94. The topological polar surface area (TPSA) is 60.9 Å². The number of hydrogen-bond acceptors (Lipinski definition) is 2. The summed E-state index contributed by atoms with van der Waals surface area (Å²) in [6, 6.07) is 5.57. The Balaban J connectivity index is 2.48. The standard InChI is InChI=1S/C12H13Cl2N3O/c13-6-4-11-16-12-8(14)2-1-3-9(12)17(11)7-5-10(15)18/h1-3H,4-7H2,(H2,15,18). The monoisotopic (exact) mass is 285 g/mol. The number of alkyl halides is 1. The van der Waals surface area contributed by atoms with Crippen LogP contribution < -0.4 is 5.73 Å². The van der Waals surface area contributed by atoms with Crippen LogP contribution >= 0.6 is 23.2 Å². The fourth-order valence-electron chi connectivity index (χ4n) is 1.91. The molecule has 4 nitrogen and oxygen atoms in total. The van der Waals surface area contributed by atoms with Crippen LogP contribution in [0.1, 0.15) is 12.2 Å². The van der Waals surface area contributed by atoms with Gasteiger partial charge in [0.25, 0.3) is 0 Å². The first kappa shape index (κ1) is 13.2. The molecule has 0 aliphatic heterocycles. The molecule has 1 heterocycles. The lowest BCUT2D eigenvalue weighted by Gasteiger charge is -2.06. The summed E-state index contributed by atoms with van der Waals surface area (Å²) in [6.45, 7) is 0.498. The summed E-state index contributed by atoms with van der Waals surface area (Å²) in [5.41, 5.74) is 6.83. The van der Waals surface area contributed by atoms with E-state index < -0.39 is 0 Å². The average Bonchev–Trinajstić information content (AvgIpc) is 2.66. The van der Waals surface area contributed by atoms with Crippen molar-refractivity contribution in [1.29, 1.82) is 0 Å². The summed E-state index contributed by atoms with van der Waals surface area (Å²) < 4.78 is 1.95. The van der Waals surface area contributed by atoms with Crippen molar-refractivity contribution in [2.75, 3.05) is 5.88 Å². The number of benzene rings is 1. The molecule has 6 heteroatoms. The van der Waals surface area contributed by atoms with E-state index in [0.717, 1.165) is 16.9 Å². The number of halogens is 2. The van der Waals surface area contributed by atoms with E-state index in [0.29, 0.717) is 23.9 Å². The Morgan fingerprint density at radius 2 is 2.22 bits per heavy atom. The van der Waals surface area contributed by atoms with Crippen molar-refractivity contribution in [3.63, 3.8) is 0 Å². The molecule has 1 aromatic heterocycles. The SMILES string of the molecule is NC(=O)CCn1c(CCCl)nc2c(Cl)cccc21. The molecule has 0 aliphatic rings. The van der Waals surface area contributed by atoms with Crippen LogP contribution in [0.4, 0.5) is 0 Å². The van der Waals surface area contributed by atoms with Gasteiger partial charge in [0.15, 0.2) is 0 Å². The molecular weight excluding hydrogens is 273 g/mol. The van der Waals surface area contributed by atoms with Gasteiger partial charge in [-0.3, -0.25) is 4.79 Å². The minimum atomic E-state index is -0.337. The minimum absolute atomic E-state index is 0.271.